The van der Waals surface area contributed by atoms with Gasteiger partial charge in [0.15, 0.2) is 0 Å². The van der Waals surface area contributed by atoms with E-state index in [1.54, 1.807) is 0 Å². The molecule has 0 N–H and O–H groups in total. The maximum atomic E-state index is 9.27. The van der Waals surface area contributed by atoms with Crippen LogP contribution in [0.25, 0.3) is 0 Å². The molecule has 2 atom stereocenters. The van der Waals surface area contributed by atoms with E-state index in [2.05, 4.69) is 13.0 Å². The van der Waals surface area contributed by atoms with Crippen LogP contribution in [-0.4, -0.2) is 0 Å². The lowest BCUT2D eigenvalue weighted by Gasteiger charge is -2.41. The predicted molar refractivity (Wildman–Crippen MR) is 111 cm³/mol. The molecule has 2 unspecified atom stereocenters. The van der Waals surface area contributed by atoms with E-state index < -0.39 is 0 Å². The summed E-state index contributed by atoms with van der Waals surface area (Å²) >= 11 is 0. The third kappa shape index (κ3) is 5.74. The van der Waals surface area contributed by atoms with Crippen molar-refractivity contribution in [1.29, 1.82) is 5.26 Å². The summed E-state index contributed by atoms with van der Waals surface area (Å²) in [7, 11) is 0. The first-order valence-electron chi connectivity index (χ1n) is 12.2. The van der Waals surface area contributed by atoms with Crippen LogP contribution in [-0.2, 0) is 0 Å². The minimum atomic E-state index is 0.374. The fourth-order valence-corrected chi connectivity index (χ4v) is 6.67. The molecule has 0 aromatic heterocycles. The van der Waals surface area contributed by atoms with E-state index in [0.29, 0.717) is 5.92 Å². The van der Waals surface area contributed by atoms with Crippen molar-refractivity contribution in [1.82, 2.24) is 0 Å². The van der Waals surface area contributed by atoms with E-state index in [9.17, 15) is 5.26 Å². The van der Waals surface area contributed by atoms with Crippen molar-refractivity contribution < 1.29 is 0 Å². The summed E-state index contributed by atoms with van der Waals surface area (Å²) in [6, 6.07) is 2.56. The summed E-state index contributed by atoms with van der Waals surface area (Å²) in [5.74, 6) is 5.37. The Morgan fingerprint density at radius 3 is 1.92 bits per heavy atom. The second-order valence-electron chi connectivity index (χ2n) is 10.1. The van der Waals surface area contributed by atoms with Gasteiger partial charge < -0.3 is 0 Å². The normalized spacial score (nSPS) is 38.6. The molecule has 0 heterocycles. The van der Waals surface area contributed by atoms with Crippen LogP contribution in [0, 0.1) is 46.8 Å². The zero-order valence-electron chi connectivity index (χ0n) is 17.4. The standard InChI is InChI=1S/C25H43N/c1-2-3-4-5-7-20-10-12-22(13-11-20)23-14-16-24(17-15-23)25-9-6-8-21(18-25)19-26/h20-25H,2-18H2,1H3/t20-,21?,22-,23-,24-,25?. The minimum absolute atomic E-state index is 0.374. The molecule has 0 saturated heterocycles. The van der Waals surface area contributed by atoms with Crippen LogP contribution >= 0.6 is 0 Å². The number of nitrogens with zero attached hydrogens (tertiary/aromatic N) is 1. The highest BCUT2D eigenvalue weighted by molar-refractivity contribution is 4.91. The van der Waals surface area contributed by atoms with Crippen molar-refractivity contribution in [2.75, 3.05) is 0 Å². The van der Waals surface area contributed by atoms with Gasteiger partial charge in [0.05, 0.1) is 6.07 Å². The first-order valence-corrected chi connectivity index (χ1v) is 12.2. The number of hydrogen-bond acceptors (Lipinski definition) is 1. The predicted octanol–water partition coefficient (Wildman–Crippen LogP) is 7.90. The molecular weight excluding hydrogens is 314 g/mol. The quantitative estimate of drug-likeness (QED) is 0.425. The molecule has 0 radical (unpaired) electrons. The van der Waals surface area contributed by atoms with E-state index in [0.717, 1.165) is 29.6 Å². The summed E-state index contributed by atoms with van der Waals surface area (Å²) in [6.07, 6.45) is 24.5. The highest BCUT2D eigenvalue weighted by Crippen LogP contribution is 2.46. The van der Waals surface area contributed by atoms with Crippen molar-refractivity contribution in [3.63, 3.8) is 0 Å². The van der Waals surface area contributed by atoms with Crippen LogP contribution in [0.4, 0.5) is 0 Å². The molecule has 148 valence electrons. The average molecular weight is 358 g/mol. The Hall–Kier alpha value is -0.510. The van der Waals surface area contributed by atoms with Crippen LogP contribution < -0.4 is 0 Å². The van der Waals surface area contributed by atoms with Gasteiger partial charge in [-0.2, -0.15) is 5.26 Å². The highest BCUT2D eigenvalue weighted by atomic mass is 14.4. The van der Waals surface area contributed by atoms with Gasteiger partial charge in [0.25, 0.3) is 0 Å². The molecule has 0 aliphatic heterocycles. The largest absolute Gasteiger partial charge is 0.198 e. The second kappa shape index (κ2) is 10.7. The summed E-state index contributed by atoms with van der Waals surface area (Å²) in [5.41, 5.74) is 0. The summed E-state index contributed by atoms with van der Waals surface area (Å²) in [5, 5.41) is 9.27. The third-order valence-electron chi connectivity index (χ3n) is 8.40. The lowest BCUT2D eigenvalue weighted by atomic mass is 9.64. The van der Waals surface area contributed by atoms with Crippen LogP contribution in [0.3, 0.4) is 0 Å². The zero-order valence-corrected chi connectivity index (χ0v) is 17.4. The number of nitriles is 1. The van der Waals surface area contributed by atoms with Gasteiger partial charge >= 0.3 is 0 Å². The molecule has 0 amide bonds. The van der Waals surface area contributed by atoms with Gasteiger partial charge in [-0.1, -0.05) is 64.7 Å². The third-order valence-corrected chi connectivity index (χ3v) is 8.40. The first-order chi connectivity index (χ1) is 12.8. The fourth-order valence-electron chi connectivity index (χ4n) is 6.67. The van der Waals surface area contributed by atoms with Gasteiger partial charge in [-0.25, -0.2) is 0 Å². The second-order valence-corrected chi connectivity index (χ2v) is 10.1. The van der Waals surface area contributed by atoms with E-state index >= 15 is 0 Å². The Bertz CT molecular complexity index is 420. The van der Waals surface area contributed by atoms with Crippen LogP contribution in [0.1, 0.15) is 116 Å². The van der Waals surface area contributed by atoms with Gasteiger partial charge in [0, 0.05) is 5.92 Å². The number of unbranched alkanes of at least 4 members (excludes halogenated alkanes) is 3. The molecule has 0 spiro atoms. The summed E-state index contributed by atoms with van der Waals surface area (Å²) in [6.45, 7) is 2.32. The van der Waals surface area contributed by atoms with Gasteiger partial charge in [-0.3, -0.25) is 0 Å². The Kier molecular flexibility index (Phi) is 8.35. The molecule has 26 heavy (non-hydrogen) atoms. The van der Waals surface area contributed by atoms with Crippen molar-refractivity contribution in [2.45, 2.75) is 116 Å². The van der Waals surface area contributed by atoms with Crippen LogP contribution in [0.5, 0.6) is 0 Å². The molecule has 3 aliphatic rings. The van der Waals surface area contributed by atoms with Gasteiger partial charge in [0.2, 0.25) is 0 Å². The fraction of sp³-hybridized carbons (Fsp3) is 0.960. The molecule has 3 rings (SSSR count). The Labute approximate surface area is 163 Å². The number of rotatable bonds is 7. The van der Waals surface area contributed by atoms with Crippen LogP contribution in [0.15, 0.2) is 0 Å². The minimum Gasteiger partial charge on any atom is -0.198 e. The molecule has 3 aliphatic carbocycles. The monoisotopic (exact) mass is 357 g/mol. The maximum absolute atomic E-state index is 9.27. The average Bonchev–Trinajstić information content (AvgIpc) is 2.72. The molecule has 3 fully saturated rings. The molecular formula is C25H43N. The molecule has 0 bridgehead atoms. The highest BCUT2D eigenvalue weighted by Gasteiger charge is 2.34. The van der Waals surface area contributed by atoms with Gasteiger partial charge in [-0.15, -0.1) is 0 Å². The molecule has 1 heteroatoms. The molecule has 0 aromatic carbocycles. The molecule has 3 saturated carbocycles. The van der Waals surface area contributed by atoms with E-state index in [1.165, 1.54) is 109 Å². The van der Waals surface area contributed by atoms with Crippen LogP contribution in [0.2, 0.25) is 0 Å². The van der Waals surface area contributed by atoms with Gasteiger partial charge in [0.1, 0.15) is 0 Å². The smallest absolute Gasteiger partial charge is 0.0655 e. The van der Waals surface area contributed by atoms with Crippen molar-refractivity contribution in [3.05, 3.63) is 0 Å². The van der Waals surface area contributed by atoms with E-state index in [-0.39, 0.29) is 0 Å². The number of hydrogen-bond donors (Lipinski definition) is 0. The van der Waals surface area contributed by atoms with Gasteiger partial charge in [-0.05, 0) is 81.0 Å². The Balaban J connectivity index is 1.33. The lowest BCUT2D eigenvalue weighted by Crippen LogP contribution is -2.30. The van der Waals surface area contributed by atoms with E-state index in [1.807, 2.05) is 0 Å². The van der Waals surface area contributed by atoms with Crippen molar-refractivity contribution in [3.8, 4) is 6.07 Å². The summed E-state index contributed by atoms with van der Waals surface area (Å²) in [4.78, 5) is 0. The molecule has 0 aromatic rings. The Morgan fingerprint density at radius 2 is 1.31 bits per heavy atom. The summed E-state index contributed by atoms with van der Waals surface area (Å²) < 4.78 is 0. The lowest BCUT2D eigenvalue weighted by molar-refractivity contribution is 0.105. The van der Waals surface area contributed by atoms with E-state index in [4.69, 9.17) is 0 Å². The zero-order chi connectivity index (χ0) is 18.2. The molecule has 1 nitrogen and oxygen atoms in total. The SMILES string of the molecule is CCCCCC[C@H]1CC[C@H]([C@H]2CC[C@H](C3CCCC(C#N)C3)CC2)CC1. The topological polar surface area (TPSA) is 23.8 Å². The first kappa shape index (κ1) is 20.2. The van der Waals surface area contributed by atoms with Crippen molar-refractivity contribution in [2.24, 2.45) is 35.5 Å². The van der Waals surface area contributed by atoms with Crippen molar-refractivity contribution >= 4 is 0 Å². The maximum Gasteiger partial charge on any atom is 0.0655 e. The Morgan fingerprint density at radius 1 is 0.692 bits per heavy atom.